The fourth-order valence-corrected chi connectivity index (χ4v) is 1.89. The van der Waals surface area contributed by atoms with Crippen LogP contribution in [0.25, 0.3) is 0 Å². The second-order valence-corrected chi connectivity index (χ2v) is 4.41. The molecule has 1 aliphatic rings. The van der Waals surface area contributed by atoms with Gasteiger partial charge in [-0.25, -0.2) is 4.98 Å². The van der Waals surface area contributed by atoms with Crippen LogP contribution in [0.3, 0.4) is 0 Å². The summed E-state index contributed by atoms with van der Waals surface area (Å²) < 4.78 is 5.57. The van der Waals surface area contributed by atoms with Crippen molar-refractivity contribution >= 4 is 5.95 Å². The molecule has 0 radical (unpaired) electrons. The molecule has 16 heavy (non-hydrogen) atoms. The van der Waals surface area contributed by atoms with Crippen molar-refractivity contribution in [2.24, 2.45) is 0 Å². The molecule has 1 saturated heterocycles. The average Bonchev–Trinajstić information content (AvgIpc) is 2.30. The third-order valence-corrected chi connectivity index (χ3v) is 2.61. The summed E-state index contributed by atoms with van der Waals surface area (Å²) in [7, 11) is 0. The Morgan fingerprint density at radius 2 is 2.00 bits per heavy atom. The third-order valence-electron chi connectivity index (χ3n) is 2.61. The Morgan fingerprint density at radius 1 is 1.25 bits per heavy atom. The van der Waals surface area contributed by atoms with E-state index in [0.717, 1.165) is 19.0 Å². The maximum absolute atomic E-state index is 5.57. The molecule has 0 unspecified atom stereocenters. The van der Waals surface area contributed by atoms with Gasteiger partial charge in [0, 0.05) is 25.4 Å². The molecule has 4 heteroatoms. The van der Waals surface area contributed by atoms with Crippen LogP contribution in [0.1, 0.15) is 33.1 Å². The van der Waals surface area contributed by atoms with Crippen LogP contribution in [0, 0.1) is 0 Å². The Morgan fingerprint density at radius 3 is 2.69 bits per heavy atom. The molecular weight excluding hydrogens is 202 g/mol. The standard InChI is InChI=1S/C12H19N3O/c1-10(2)16-11-6-7-13-12(14-11)15-8-4-3-5-9-15/h6-7,10H,3-5,8-9H2,1-2H3. The van der Waals surface area contributed by atoms with E-state index in [1.807, 2.05) is 19.9 Å². The van der Waals surface area contributed by atoms with Crippen LogP contribution in [0.15, 0.2) is 12.3 Å². The van der Waals surface area contributed by atoms with Gasteiger partial charge in [-0.05, 0) is 33.1 Å². The Kier molecular flexibility index (Phi) is 3.59. The van der Waals surface area contributed by atoms with E-state index >= 15 is 0 Å². The van der Waals surface area contributed by atoms with E-state index in [0.29, 0.717) is 5.88 Å². The fourth-order valence-electron chi connectivity index (χ4n) is 1.89. The molecule has 2 rings (SSSR count). The first kappa shape index (κ1) is 11.2. The second kappa shape index (κ2) is 5.14. The summed E-state index contributed by atoms with van der Waals surface area (Å²) in [4.78, 5) is 11.0. The summed E-state index contributed by atoms with van der Waals surface area (Å²) in [6, 6.07) is 1.81. The Balaban J connectivity index is 2.08. The largest absolute Gasteiger partial charge is 0.475 e. The van der Waals surface area contributed by atoms with Gasteiger partial charge in [0.1, 0.15) is 0 Å². The van der Waals surface area contributed by atoms with Gasteiger partial charge in [0.25, 0.3) is 0 Å². The lowest BCUT2D eigenvalue weighted by Gasteiger charge is -2.26. The molecule has 0 bridgehead atoms. The highest BCUT2D eigenvalue weighted by Gasteiger charge is 2.13. The van der Waals surface area contributed by atoms with Crippen molar-refractivity contribution in [3.05, 3.63) is 12.3 Å². The first-order valence-electron chi connectivity index (χ1n) is 6.00. The van der Waals surface area contributed by atoms with E-state index < -0.39 is 0 Å². The van der Waals surface area contributed by atoms with Crippen molar-refractivity contribution in [2.75, 3.05) is 18.0 Å². The molecular formula is C12H19N3O. The molecule has 0 aliphatic carbocycles. The first-order chi connectivity index (χ1) is 7.75. The van der Waals surface area contributed by atoms with Crippen LogP contribution >= 0.6 is 0 Å². The number of hydrogen-bond acceptors (Lipinski definition) is 4. The van der Waals surface area contributed by atoms with E-state index in [-0.39, 0.29) is 6.10 Å². The van der Waals surface area contributed by atoms with Gasteiger partial charge in [0.15, 0.2) is 0 Å². The van der Waals surface area contributed by atoms with Crippen LogP contribution in [0.4, 0.5) is 5.95 Å². The lowest BCUT2D eigenvalue weighted by Crippen LogP contribution is -2.31. The van der Waals surface area contributed by atoms with E-state index in [9.17, 15) is 0 Å². The van der Waals surface area contributed by atoms with Crippen LogP contribution in [0.2, 0.25) is 0 Å². The molecule has 0 N–H and O–H groups in total. The monoisotopic (exact) mass is 221 g/mol. The minimum absolute atomic E-state index is 0.157. The fraction of sp³-hybridized carbons (Fsp3) is 0.667. The second-order valence-electron chi connectivity index (χ2n) is 4.41. The zero-order chi connectivity index (χ0) is 11.4. The Bertz CT molecular complexity index is 335. The zero-order valence-corrected chi connectivity index (χ0v) is 10.0. The molecule has 1 aromatic heterocycles. The molecule has 0 amide bonds. The molecule has 2 heterocycles. The zero-order valence-electron chi connectivity index (χ0n) is 10.0. The predicted molar refractivity (Wildman–Crippen MR) is 63.9 cm³/mol. The van der Waals surface area contributed by atoms with E-state index in [1.165, 1.54) is 19.3 Å². The van der Waals surface area contributed by atoms with Gasteiger partial charge >= 0.3 is 0 Å². The Hall–Kier alpha value is -1.32. The average molecular weight is 221 g/mol. The van der Waals surface area contributed by atoms with Gasteiger partial charge in [-0.2, -0.15) is 4.98 Å². The SMILES string of the molecule is CC(C)Oc1ccnc(N2CCCCC2)n1. The highest BCUT2D eigenvalue weighted by Crippen LogP contribution is 2.18. The van der Waals surface area contributed by atoms with Crippen molar-refractivity contribution in [3.63, 3.8) is 0 Å². The van der Waals surface area contributed by atoms with E-state index in [2.05, 4.69) is 14.9 Å². The minimum atomic E-state index is 0.157. The predicted octanol–water partition coefficient (Wildman–Crippen LogP) is 2.25. The van der Waals surface area contributed by atoms with Crippen molar-refractivity contribution < 1.29 is 4.74 Å². The van der Waals surface area contributed by atoms with Crippen LogP contribution in [-0.4, -0.2) is 29.2 Å². The number of aromatic nitrogens is 2. The molecule has 4 nitrogen and oxygen atoms in total. The molecule has 0 atom stereocenters. The summed E-state index contributed by atoms with van der Waals surface area (Å²) in [5.41, 5.74) is 0. The summed E-state index contributed by atoms with van der Waals surface area (Å²) in [6.07, 6.45) is 5.72. The molecule has 1 fully saturated rings. The van der Waals surface area contributed by atoms with Gasteiger partial charge in [-0.15, -0.1) is 0 Å². The molecule has 0 aromatic carbocycles. The number of hydrogen-bond donors (Lipinski definition) is 0. The lowest BCUT2D eigenvalue weighted by atomic mass is 10.1. The van der Waals surface area contributed by atoms with Crippen LogP contribution in [0.5, 0.6) is 5.88 Å². The summed E-state index contributed by atoms with van der Waals surface area (Å²) >= 11 is 0. The van der Waals surface area contributed by atoms with Gasteiger partial charge in [-0.1, -0.05) is 0 Å². The summed E-state index contributed by atoms with van der Waals surface area (Å²) in [5, 5.41) is 0. The number of nitrogens with zero attached hydrogens (tertiary/aromatic N) is 3. The van der Waals surface area contributed by atoms with Crippen molar-refractivity contribution in [2.45, 2.75) is 39.2 Å². The molecule has 1 aromatic rings. The minimum Gasteiger partial charge on any atom is -0.475 e. The normalized spacial score (nSPS) is 16.6. The smallest absolute Gasteiger partial charge is 0.228 e. The Labute approximate surface area is 96.7 Å². The van der Waals surface area contributed by atoms with Gasteiger partial charge in [0.2, 0.25) is 11.8 Å². The summed E-state index contributed by atoms with van der Waals surface area (Å²) in [6.45, 7) is 6.13. The molecule has 1 aliphatic heterocycles. The maximum Gasteiger partial charge on any atom is 0.228 e. The van der Waals surface area contributed by atoms with Crippen LogP contribution in [-0.2, 0) is 0 Å². The van der Waals surface area contributed by atoms with Gasteiger partial charge < -0.3 is 9.64 Å². The van der Waals surface area contributed by atoms with E-state index in [4.69, 9.17) is 4.74 Å². The highest BCUT2D eigenvalue weighted by atomic mass is 16.5. The number of ether oxygens (including phenoxy) is 1. The number of anilines is 1. The number of rotatable bonds is 3. The van der Waals surface area contributed by atoms with Crippen molar-refractivity contribution in [1.29, 1.82) is 0 Å². The van der Waals surface area contributed by atoms with Crippen molar-refractivity contribution in [3.8, 4) is 5.88 Å². The topological polar surface area (TPSA) is 38.2 Å². The van der Waals surface area contributed by atoms with E-state index in [1.54, 1.807) is 6.20 Å². The summed E-state index contributed by atoms with van der Waals surface area (Å²) in [5.74, 6) is 1.48. The number of piperidine rings is 1. The van der Waals surface area contributed by atoms with Gasteiger partial charge in [0.05, 0.1) is 6.10 Å². The lowest BCUT2D eigenvalue weighted by molar-refractivity contribution is 0.232. The third kappa shape index (κ3) is 2.84. The first-order valence-corrected chi connectivity index (χ1v) is 6.00. The quantitative estimate of drug-likeness (QED) is 0.784. The van der Waals surface area contributed by atoms with Crippen molar-refractivity contribution in [1.82, 2.24) is 9.97 Å². The molecule has 0 saturated carbocycles. The highest BCUT2D eigenvalue weighted by molar-refractivity contribution is 5.32. The van der Waals surface area contributed by atoms with Crippen LogP contribution < -0.4 is 9.64 Å². The maximum atomic E-state index is 5.57. The van der Waals surface area contributed by atoms with Gasteiger partial charge in [-0.3, -0.25) is 0 Å². The molecule has 0 spiro atoms. The molecule has 88 valence electrons.